The molecule has 0 N–H and O–H groups in total. The van der Waals surface area contributed by atoms with E-state index in [1.165, 1.54) is 12.1 Å². The summed E-state index contributed by atoms with van der Waals surface area (Å²) in [5, 5.41) is 10.6. The first kappa shape index (κ1) is 12.4. The molecule has 5 heteroatoms. The number of nitro groups is 1. The molecule has 0 spiro atoms. The minimum atomic E-state index is -0.421. The van der Waals surface area contributed by atoms with Crippen LogP contribution < -0.4 is 4.74 Å². The van der Waals surface area contributed by atoms with E-state index in [1.54, 1.807) is 12.1 Å². The maximum absolute atomic E-state index is 10.6. The van der Waals surface area contributed by atoms with Crippen LogP contribution >= 0.6 is 0 Å². The fourth-order valence-electron chi connectivity index (χ4n) is 2.02. The van der Waals surface area contributed by atoms with Gasteiger partial charge in [0, 0.05) is 18.3 Å². The zero-order valence-electron chi connectivity index (χ0n) is 10.2. The van der Waals surface area contributed by atoms with Crippen LogP contribution in [0.15, 0.2) is 36.5 Å². The van der Waals surface area contributed by atoms with Crippen molar-refractivity contribution in [3.8, 4) is 5.75 Å². The highest BCUT2D eigenvalue weighted by Gasteiger charge is 2.14. The van der Waals surface area contributed by atoms with Crippen LogP contribution in [0.5, 0.6) is 5.75 Å². The molecule has 0 radical (unpaired) electrons. The number of likely N-dealkylation sites (tertiary alicyclic amines) is 1. The molecule has 0 saturated carbocycles. The second kappa shape index (κ2) is 5.53. The lowest BCUT2D eigenvalue weighted by atomic mass is 10.3. The SMILES string of the molecule is C=C1CCCN1CCOc1cccc([N+](=O)[O-])c1. The fourth-order valence-corrected chi connectivity index (χ4v) is 2.02. The van der Waals surface area contributed by atoms with Gasteiger partial charge in [-0.3, -0.25) is 10.1 Å². The first-order valence-corrected chi connectivity index (χ1v) is 5.97. The number of hydrogen-bond acceptors (Lipinski definition) is 4. The molecular weight excluding hydrogens is 232 g/mol. The van der Waals surface area contributed by atoms with Gasteiger partial charge in [0.05, 0.1) is 17.5 Å². The Bertz CT molecular complexity index is 459. The van der Waals surface area contributed by atoms with Crippen LogP contribution in [0.25, 0.3) is 0 Å². The van der Waals surface area contributed by atoms with Crippen LogP contribution in [-0.4, -0.2) is 29.5 Å². The summed E-state index contributed by atoms with van der Waals surface area (Å²) in [4.78, 5) is 12.4. The van der Waals surface area contributed by atoms with Crippen LogP contribution in [0.2, 0.25) is 0 Å². The number of ether oxygens (including phenoxy) is 1. The summed E-state index contributed by atoms with van der Waals surface area (Å²) in [5.41, 5.74) is 1.20. The molecule has 1 heterocycles. The number of nitro benzene ring substituents is 1. The van der Waals surface area contributed by atoms with Crippen LogP contribution in [-0.2, 0) is 0 Å². The van der Waals surface area contributed by atoms with Gasteiger partial charge >= 0.3 is 0 Å². The summed E-state index contributed by atoms with van der Waals surface area (Å²) in [5.74, 6) is 0.536. The Labute approximate surface area is 106 Å². The third kappa shape index (κ3) is 3.00. The van der Waals surface area contributed by atoms with Crippen molar-refractivity contribution in [2.75, 3.05) is 19.7 Å². The van der Waals surface area contributed by atoms with Gasteiger partial charge in [0.2, 0.25) is 0 Å². The van der Waals surface area contributed by atoms with Crippen LogP contribution in [0, 0.1) is 10.1 Å². The predicted molar refractivity (Wildman–Crippen MR) is 68.5 cm³/mol. The Morgan fingerprint density at radius 2 is 2.33 bits per heavy atom. The average Bonchev–Trinajstić information content (AvgIpc) is 2.76. The maximum Gasteiger partial charge on any atom is 0.273 e. The molecule has 0 aromatic heterocycles. The molecule has 18 heavy (non-hydrogen) atoms. The summed E-state index contributed by atoms with van der Waals surface area (Å²) in [6, 6.07) is 6.25. The highest BCUT2D eigenvalue weighted by atomic mass is 16.6. The van der Waals surface area contributed by atoms with Crippen molar-refractivity contribution < 1.29 is 9.66 Å². The van der Waals surface area contributed by atoms with Gasteiger partial charge in [-0.05, 0) is 18.9 Å². The fraction of sp³-hybridized carbons (Fsp3) is 0.385. The van der Waals surface area contributed by atoms with Crippen LogP contribution in [0.1, 0.15) is 12.8 Å². The highest BCUT2D eigenvalue weighted by Crippen LogP contribution is 2.20. The lowest BCUT2D eigenvalue weighted by Crippen LogP contribution is -2.23. The lowest BCUT2D eigenvalue weighted by Gasteiger charge is -2.19. The number of benzene rings is 1. The topological polar surface area (TPSA) is 55.6 Å². The van der Waals surface area contributed by atoms with E-state index in [1.807, 2.05) is 0 Å². The van der Waals surface area contributed by atoms with E-state index in [-0.39, 0.29) is 5.69 Å². The zero-order valence-corrected chi connectivity index (χ0v) is 10.2. The molecule has 0 bridgehead atoms. The molecule has 5 nitrogen and oxygen atoms in total. The van der Waals surface area contributed by atoms with Gasteiger partial charge in [0.1, 0.15) is 12.4 Å². The van der Waals surface area contributed by atoms with E-state index in [4.69, 9.17) is 4.74 Å². The summed E-state index contributed by atoms with van der Waals surface area (Å²) in [6.45, 7) is 6.30. The van der Waals surface area contributed by atoms with Crippen molar-refractivity contribution in [2.45, 2.75) is 12.8 Å². The lowest BCUT2D eigenvalue weighted by molar-refractivity contribution is -0.384. The minimum Gasteiger partial charge on any atom is -0.491 e. The first-order chi connectivity index (χ1) is 8.66. The second-order valence-corrected chi connectivity index (χ2v) is 4.26. The van der Waals surface area contributed by atoms with Crippen molar-refractivity contribution >= 4 is 5.69 Å². The first-order valence-electron chi connectivity index (χ1n) is 5.97. The van der Waals surface area contributed by atoms with Gasteiger partial charge in [-0.25, -0.2) is 0 Å². The van der Waals surface area contributed by atoms with Gasteiger partial charge in [-0.15, -0.1) is 0 Å². The van der Waals surface area contributed by atoms with Crippen LogP contribution in [0.4, 0.5) is 5.69 Å². The third-order valence-corrected chi connectivity index (χ3v) is 3.00. The molecule has 1 aromatic rings. The Balaban J connectivity index is 1.84. The second-order valence-electron chi connectivity index (χ2n) is 4.26. The molecule has 1 aliphatic heterocycles. The molecule has 1 fully saturated rings. The monoisotopic (exact) mass is 248 g/mol. The smallest absolute Gasteiger partial charge is 0.273 e. The van der Waals surface area contributed by atoms with Crippen molar-refractivity contribution in [3.05, 3.63) is 46.7 Å². The molecule has 0 unspecified atom stereocenters. The Hall–Kier alpha value is -2.04. The van der Waals surface area contributed by atoms with Gasteiger partial charge in [-0.2, -0.15) is 0 Å². The summed E-state index contributed by atoms with van der Waals surface area (Å²) in [6.07, 6.45) is 2.20. The standard InChI is InChI=1S/C13H16N2O3/c1-11-4-3-7-14(11)8-9-18-13-6-2-5-12(10-13)15(16)17/h2,5-6,10H,1,3-4,7-9H2. The Morgan fingerprint density at radius 3 is 3.00 bits per heavy atom. The molecule has 0 aliphatic carbocycles. The van der Waals surface area contributed by atoms with Crippen molar-refractivity contribution in [3.63, 3.8) is 0 Å². The minimum absolute atomic E-state index is 0.0538. The molecule has 0 atom stereocenters. The highest BCUT2D eigenvalue weighted by molar-refractivity contribution is 5.37. The van der Waals surface area contributed by atoms with E-state index in [0.717, 1.165) is 31.6 Å². The average molecular weight is 248 g/mol. The Kier molecular flexibility index (Phi) is 3.82. The van der Waals surface area contributed by atoms with E-state index in [0.29, 0.717) is 12.4 Å². The molecule has 1 aromatic carbocycles. The maximum atomic E-state index is 10.6. The van der Waals surface area contributed by atoms with E-state index >= 15 is 0 Å². The summed E-state index contributed by atoms with van der Waals surface area (Å²) < 4.78 is 5.52. The summed E-state index contributed by atoms with van der Waals surface area (Å²) >= 11 is 0. The van der Waals surface area contributed by atoms with Crippen LogP contribution in [0.3, 0.4) is 0 Å². The van der Waals surface area contributed by atoms with Crippen molar-refractivity contribution in [1.29, 1.82) is 0 Å². The quantitative estimate of drug-likeness (QED) is 0.593. The number of rotatable bonds is 5. The Morgan fingerprint density at radius 1 is 1.50 bits per heavy atom. The van der Waals surface area contributed by atoms with E-state index < -0.39 is 4.92 Å². The number of nitrogens with zero attached hydrogens (tertiary/aromatic N) is 2. The number of non-ortho nitro benzene ring substituents is 1. The predicted octanol–water partition coefficient (Wildman–Crippen LogP) is 2.58. The third-order valence-electron chi connectivity index (χ3n) is 3.00. The van der Waals surface area contributed by atoms with E-state index in [9.17, 15) is 10.1 Å². The van der Waals surface area contributed by atoms with Crippen molar-refractivity contribution in [1.82, 2.24) is 4.90 Å². The molecule has 0 amide bonds. The zero-order chi connectivity index (χ0) is 13.0. The summed E-state index contributed by atoms with van der Waals surface area (Å²) in [7, 11) is 0. The molecule has 2 rings (SSSR count). The van der Waals surface area contributed by atoms with Gasteiger partial charge in [-0.1, -0.05) is 12.6 Å². The normalized spacial score (nSPS) is 14.9. The molecule has 96 valence electrons. The molecule has 1 aliphatic rings. The molecular formula is C13H16N2O3. The van der Waals surface area contributed by atoms with Crippen molar-refractivity contribution in [2.24, 2.45) is 0 Å². The number of allylic oxidation sites excluding steroid dienone is 1. The van der Waals surface area contributed by atoms with Gasteiger partial charge in [0.15, 0.2) is 0 Å². The van der Waals surface area contributed by atoms with Gasteiger partial charge < -0.3 is 9.64 Å². The molecule has 1 saturated heterocycles. The van der Waals surface area contributed by atoms with Gasteiger partial charge in [0.25, 0.3) is 5.69 Å². The van der Waals surface area contributed by atoms with E-state index in [2.05, 4.69) is 11.5 Å². The largest absolute Gasteiger partial charge is 0.491 e. The number of hydrogen-bond donors (Lipinski definition) is 0.